The summed E-state index contributed by atoms with van der Waals surface area (Å²) in [5.74, 6) is 1.57. The maximum Gasteiger partial charge on any atom is 0.128 e. The van der Waals surface area contributed by atoms with Crippen LogP contribution in [0.5, 0.6) is 11.5 Å². The molecule has 1 N–H and O–H groups in total. The molecule has 5 heteroatoms. The van der Waals surface area contributed by atoms with Gasteiger partial charge in [-0.05, 0) is 36.4 Å². The molecule has 0 radical (unpaired) electrons. The van der Waals surface area contributed by atoms with Crippen molar-refractivity contribution in [1.82, 2.24) is 0 Å². The summed E-state index contributed by atoms with van der Waals surface area (Å²) in [7, 11) is 0. The van der Waals surface area contributed by atoms with Crippen LogP contribution in [0.4, 0.5) is 5.69 Å². The molecule has 2 aromatic carbocycles. The molecule has 1 aliphatic heterocycles. The van der Waals surface area contributed by atoms with Gasteiger partial charge in [-0.25, -0.2) is 0 Å². The van der Waals surface area contributed by atoms with Crippen molar-refractivity contribution >= 4 is 38.3 Å². The molecule has 1 heterocycles. The van der Waals surface area contributed by atoms with Crippen LogP contribution in [0.15, 0.2) is 45.7 Å². The summed E-state index contributed by atoms with van der Waals surface area (Å²) in [4.78, 5) is 0. The lowest BCUT2D eigenvalue weighted by Crippen LogP contribution is -1.87. The van der Waals surface area contributed by atoms with Crippen LogP contribution in [0, 0.1) is 3.57 Å². The minimum Gasteiger partial charge on any atom is -0.457 e. The Labute approximate surface area is 114 Å². The van der Waals surface area contributed by atoms with E-state index in [1.54, 1.807) is 6.07 Å². The Kier molecular flexibility index (Phi) is 2.98. The van der Waals surface area contributed by atoms with Gasteiger partial charge in [0.15, 0.2) is 0 Å². The van der Waals surface area contributed by atoms with E-state index < -0.39 is 0 Å². The summed E-state index contributed by atoms with van der Waals surface area (Å²) in [5.41, 5.74) is 4.09. The zero-order valence-electron chi connectivity index (χ0n) is 8.65. The van der Waals surface area contributed by atoms with Crippen LogP contribution in [0.3, 0.4) is 0 Å². The normalized spacial score (nSPS) is 12.5. The fourth-order valence-electron chi connectivity index (χ4n) is 1.50. The van der Waals surface area contributed by atoms with Gasteiger partial charge < -0.3 is 4.74 Å². The van der Waals surface area contributed by atoms with Crippen molar-refractivity contribution in [1.29, 1.82) is 0 Å². The highest BCUT2D eigenvalue weighted by Crippen LogP contribution is 2.34. The van der Waals surface area contributed by atoms with E-state index in [0.29, 0.717) is 5.02 Å². The predicted octanol–water partition coefficient (Wildman–Crippen LogP) is 4.80. The number of nitrogens with zero attached hydrogens (tertiary/aromatic N) is 1. The molecule has 86 valence electrons. The van der Waals surface area contributed by atoms with Crippen molar-refractivity contribution in [2.24, 2.45) is 3.25 Å². The lowest BCUT2D eigenvalue weighted by atomic mass is 10.3. The number of fused-ring (bicyclic) bond motifs is 1. The number of rotatable bonds is 2. The lowest BCUT2D eigenvalue weighted by Gasteiger charge is -2.06. The molecule has 1 aliphatic rings. The summed E-state index contributed by atoms with van der Waals surface area (Å²) in [6, 6.07) is 13.3. The number of hydrogen-bond acceptors (Lipinski definition) is 3. The maximum absolute atomic E-state index is 5.91. The van der Waals surface area contributed by atoms with Crippen LogP contribution in [-0.2, 0) is 0 Å². The number of benzene rings is 2. The standard InChI is InChI=1S/C12H8ClIN2O/c13-8-2-1-3-9(6-8)17-10-4-5-12-11(7-10)14-16-15-12/h1-7,15H. The molecule has 0 saturated carbocycles. The van der Waals surface area contributed by atoms with Crippen LogP contribution in [0.25, 0.3) is 0 Å². The topological polar surface area (TPSA) is 33.6 Å². The molecule has 0 saturated heterocycles. The molecular weight excluding hydrogens is 351 g/mol. The highest BCUT2D eigenvalue weighted by atomic mass is 127. The second kappa shape index (κ2) is 4.62. The summed E-state index contributed by atoms with van der Waals surface area (Å²) >= 11 is 5.64. The van der Waals surface area contributed by atoms with E-state index in [-0.39, 0.29) is 21.0 Å². The van der Waals surface area contributed by atoms with Crippen LogP contribution in [0.1, 0.15) is 0 Å². The Hall–Kier alpha value is -1.14. The molecule has 0 aromatic heterocycles. The molecule has 0 atom stereocenters. The second-order valence-electron chi connectivity index (χ2n) is 3.48. The lowest BCUT2D eigenvalue weighted by molar-refractivity contribution is 0.482. The van der Waals surface area contributed by atoms with Crippen molar-refractivity contribution in [2.45, 2.75) is 0 Å². The highest BCUT2D eigenvalue weighted by molar-refractivity contribution is 14.2. The van der Waals surface area contributed by atoms with Gasteiger partial charge in [0.1, 0.15) is 11.5 Å². The van der Waals surface area contributed by atoms with E-state index in [2.05, 4.69) is 8.68 Å². The Morgan fingerprint density at radius 1 is 1.12 bits per heavy atom. The Bertz CT molecular complexity index is 601. The van der Waals surface area contributed by atoms with Gasteiger partial charge in [-0.15, -0.1) is 3.25 Å². The molecule has 3 nitrogen and oxygen atoms in total. The number of hydrogen-bond donors (Lipinski definition) is 1. The number of ether oxygens (including phenoxy) is 1. The van der Waals surface area contributed by atoms with E-state index in [4.69, 9.17) is 16.3 Å². The Morgan fingerprint density at radius 2 is 2.00 bits per heavy atom. The van der Waals surface area contributed by atoms with Crippen LogP contribution >= 0.6 is 32.6 Å². The van der Waals surface area contributed by atoms with Gasteiger partial charge in [0.25, 0.3) is 0 Å². The number of halogens is 2. The van der Waals surface area contributed by atoms with Gasteiger partial charge in [-0.3, -0.25) is 5.43 Å². The molecular formula is C12H8ClIN2O. The number of nitrogens with one attached hydrogen (secondary N) is 1. The third kappa shape index (κ3) is 2.42. The van der Waals surface area contributed by atoms with Gasteiger partial charge in [-0.1, -0.05) is 17.7 Å². The van der Waals surface area contributed by atoms with Crippen LogP contribution in [0.2, 0.25) is 5.02 Å². The van der Waals surface area contributed by atoms with Gasteiger partial charge in [0.2, 0.25) is 0 Å². The van der Waals surface area contributed by atoms with E-state index in [1.807, 2.05) is 36.4 Å². The van der Waals surface area contributed by atoms with Crippen LogP contribution in [-0.4, -0.2) is 0 Å². The fraction of sp³-hybridized carbons (Fsp3) is 0. The van der Waals surface area contributed by atoms with Gasteiger partial charge in [0.05, 0.1) is 30.3 Å². The second-order valence-corrected chi connectivity index (χ2v) is 6.05. The molecule has 0 aliphatic carbocycles. The highest BCUT2D eigenvalue weighted by Gasteiger charge is 2.08. The molecule has 0 bridgehead atoms. The van der Waals surface area contributed by atoms with E-state index in [9.17, 15) is 0 Å². The van der Waals surface area contributed by atoms with Gasteiger partial charge in [0, 0.05) is 5.02 Å². The fourth-order valence-corrected chi connectivity index (χ4v) is 3.33. The zero-order chi connectivity index (χ0) is 11.7. The first kappa shape index (κ1) is 11.0. The summed E-state index contributed by atoms with van der Waals surface area (Å²) in [5, 5.41) is 0.674. The smallest absolute Gasteiger partial charge is 0.128 e. The molecule has 0 fully saturated rings. The Morgan fingerprint density at radius 3 is 2.88 bits per heavy atom. The monoisotopic (exact) mass is 358 g/mol. The summed E-state index contributed by atoms with van der Waals surface area (Å²) in [6.07, 6.45) is 0. The molecule has 0 unspecified atom stereocenters. The first-order chi connectivity index (χ1) is 8.31. The van der Waals surface area contributed by atoms with Crippen molar-refractivity contribution in [3.8, 4) is 11.5 Å². The largest absolute Gasteiger partial charge is 0.457 e. The van der Waals surface area contributed by atoms with E-state index >= 15 is 0 Å². The molecule has 0 spiro atoms. The van der Waals surface area contributed by atoms with Crippen molar-refractivity contribution < 1.29 is 4.74 Å². The maximum atomic E-state index is 5.91. The first-order valence-corrected chi connectivity index (χ1v) is 7.41. The molecule has 17 heavy (non-hydrogen) atoms. The minimum absolute atomic E-state index is 0.269. The van der Waals surface area contributed by atoms with E-state index in [0.717, 1.165) is 17.2 Å². The molecule has 3 rings (SSSR count). The van der Waals surface area contributed by atoms with Gasteiger partial charge in [-0.2, -0.15) is 0 Å². The minimum atomic E-state index is -0.269. The van der Waals surface area contributed by atoms with Crippen molar-refractivity contribution in [3.63, 3.8) is 0 Å². The van der Waals surface area contributed by atoms with E-state index in [1.165, 1.54) is 3.57 Å². The Balaban J connectivity index is 1.88. The van der Waals surface area contributed by atoms with Gasteiger partial charge >= 0.3 is 0 Å². The van der Waals surface area contributed by atoms with Crippen molar-refractivity contribution in [2.75, 3.05) is 5.43 Å². The molecule has 2 aromatic rings. The average molecular weight is 359 g/mol. The third-order valence-electron chi connectivity index (χ3n) is 2.27. The number of anilines is 1. The SMILES string of the molecule is Clc1cccc(Oc2ccc3c(c2)I=NN3)c1. The average Bonchev–Trinajstić information content (AvgIpc) is 2.76. The van der Waals surface area contributed by atoms with Crippen molar-refractivity contribution in [3.05, 3.63) is 51.1 Å². The summed E-state index contributed by atoms with van der Waals surface area (Å²) in [6.45, 7) is 0. The quantitative estimate of drug-likeness (QED) is 0.783. The zero-order valence-corrected chi connectivity index (χ0v) is 11.6. The summed E-state index contributed by atoms with van der Waals surface area (Å²) < 4.78 is 11.2. The van der Waals surface area contributed by atoms with Crippen LogP contribution < -0.4 is 10.2 Å². The third-order valence-corrected chi connectivity index (χ3v) is 4.40. The first-order valence-electron chi connectivity index (χ1n) is 4.99. The predicted molar refractivity (Wildman–Crippen MR) is 76.7 cm³/mol. The molecule has 0 amide bonds.